The van der Waals surface area contributed by atoms with Crippen LogP contribution in [0.2, 0.25) is 0 Å². The fourth-order valence-corrected chi connectivity index (χ4v) is 2.22. The molecule has 0 saturated heterocycles. The number of hydrogen-bond acceptors (Lipinski definition) is 6. The molecule has 0 spiro atoms. The molecular formula is C20H20O6. The highest BCUT2D eigenvalue weighted by Crippen LogP contribution is 2.15. The first-order chi connectivity index (χ1) is 12.4. The van der Waals surface area contributed by atoms with Crippen LogP contribution in [-0.2, 0) is 9.53 Å². The van der Waals surface area contributed by atoms with Crippen molar-refractivity contribution in [2.24, 2.45) is 0 Å². The molecule has 0 N–H and O–H groups in total. The van der Waals surface area contributed by atoms with Gasteiger partial charge in [-0.05, 0) is 50.2 Å². The van der Waals surface area contributed by atoms with Gasteiger partial charge < -0.3 is 14.2 Å². The van der Waals surface area contributed by atoms with Crippen molar-refractivity contribution < 1.29 is 28.6 Å². The van der Waals surface area contributed by atoms with Gasteiger partial charge >= 0.3 is 5.97 Å². The van der Waals surface area contributed by atoms with Crippen LogP contribution in [0.3, 0.4) is 0 Å². The molecule has 0 aromatic heterocycles. The number of ether oxygens (including phenoxy) is 3. The van der Waals surface area contributed by atoms with E-state index in [-0.39, 0.29) is 18.2 Å². The van der Waals surface area contributed by atoms with E-state index in [0.29, 0.717) is 22.6 Å². The molecule has 0 saturated carbocycles. The van der Waals surface area contributed by atoms with Crippen LogP contribution >= 0.6 is 0 Å². The van der Waals surface area contributed by atoms with Gasteiger partial charge in [0.15, 0.2) is 18.5 Å². The molecule has 136 valence electrons. The second-order valence-electron chi connectivity index (χ2n) is 5.60. The van der Waals surface area contributed by atoms with Gasteiger partial charge in [0.05, 0.1) is 7.11 Å². The Morgan fingerprint density at radius 1 is 0.962 bits per heavy atom. The van der Waals surface area contributed by atoms with Gasteiger partial charge in [0, 0.05) is 11.1 Å². The summed E-state index contributed by atoms with van der Waals surface area (Å²) < 4.78 is 15.5. The average Bonchev–Trinajstić information content (AvgIpc) is 2.66. The Labute approximate surface area is 151 Å². The lowest BCUT2D eigenvalue weighted by Crippen LogP contribution is -2.27. The Bertz CT molecular complexity index is 794. The molecule has 0 aliphatic heterocycles. The zero-order chi connectivity index (χ0) is 19.1. The zero-order valence-corrected chi connectivity index (χ0v) is 14.9. The fourth-order valence-electron chi connectivity index (χ4n) is 2.22. The highest BCUT2D eigenvalue weighted by Gasteiger charge is 2.20. The molecule has 6 nitrogen and oxygen atoms in total. The Kier molecular flexibility index (Phi) is 6.49. The van der Waals surface area contributed by atoms with E-state index in [4.69, 9.17) is 14.2 Å². The highest BCUT2D eigenvalue weighted by molar-refractivity contribution is 6.00. The topological polar surface area (TPSA) is 78.9 Å². The minimum Gasteiger partial charge on any atom is -0.497 e. The van der Waals surface area contributed by atoms with Gasteiger partial charge in [-0.3, -0.25) is 9.59 Å². The Morgan fingerprint density at radius 3 is 2.27 bits per heavy atom. The summed E-state index contributed by atoms with van der Waals surface area (Å²) in [6.45, 7) is 2.59. The van der Waals surface area contributed by atoms with Gasteiger partial charge in [0.1, 0.15) is 11.5 Å². The number of ketones is 2. The molecule has 26 heavy (non-hydrogen) atoms. The maximum atomic E-state index is 12.3. The van der Waals surface area contributed by atoms with Crippen LogP contribution < -0.4 is 9.47 Å². The van der Waals surface area contributed by atoms with Crippen LogP contribution in [-0.4, -0.2) is 37.4 Å². The Balaban J connectivity index is 1.89. The van der Waals surface area contributed by atoms with Crippen molar-refractivity contribution in [3.63, 3.8) is 0 Å². The number of carbonyl (C=O) groups excluding carboxylic acids is 3. The highest BCUT2D eigenvalue weighted by atomic mass is 16.6. The molecule has 0 bridgehead atoms. The molecule has 0 unspecified atom stereocenters. The molecule has 6 heteroatoms. The van der Waals surface area contributed by atoms with E-state index in [0.717, 1.165) is 0 Å². The first-order valence-corrected chi connectivity index (χ1v) is 8.02. The number of benzene rings is 2. The molecule has 0 aliphatic carbocycles. The molecular weight excluding hydrogens is 336 g/mol. The quantitative estimate of drug-likeness (QED) is 0.534. The predicted molar refractivity (Wildman–Crippen MR) is 94.8 cm³/mol. The molecule has 2 aromatic carbocycles. The normalized spacial score (nSPS) is 11.3. The summed E-state index contributed by atoms with van der Waals surface area (Å²) >= 11 is 0. The lowest BCUT2D eigenvalue weighted by Gasteiger charge is -2.13. The second-order valence-corrected chi connectivity index (χ2v) is 5.60. The number of Topliss-reactive ketones (excluding diaryl/α,β-unsaturated/α-hetero) is 2. The SMILES string of the molecule is COc1ccc(C(=O)[C@@H](C)OC(=O)COc2cccc(C(C)=O)c2)cc1. The lowest BCUT2D eigenvalue weighted by atomic mass is 10.1. The summed E-state index contributed by atoms with van der Waals surface area (Å²) in [5, 5.41) is 0. The van der Waals surface area contributed by atoms with Crippen molar-refractivity contribution in [1.29, 1.82) is 0 Å². The monoisotopic (exact) mass is 356 g/mol. The van der Waals surface area contributed by atoms with E-state index < -0.39 is 12.1 Å². The van der Waals surface area contributed by atoms with Crippen molar-refractivity contribution in [3.05, 3.63) is 59.7 Å². The molecule has 2 rings (SSSR count). The van der Waals surface area contributed by atoms with E-state index >= 15 is 0 Å². The minimum atomic E-state index is -0.942. The average molecular weight is 356 g/mol. The van der Waals surface area contributed by atoms with E-state index in [9.17, 15) is 14.4 Å². The summed E-state index contributed by atoms with van der Waals surface area (Å²) in [7, 11) is 1.54. The summed E-state index contributed by atoms with van der Waals surface area (Å²) in [6, 6.07) is 13.0. The largest absolute Gasteiger partial charge is 0.497 e. The predicted octanol–water partition coefficient (Wildman–Crippen LogP) is 3.09. The Morgan fingerprint density at radius 2 is 1.65 bits per heavy atom. The number of rotatable bonds is 8. The van der Waals surface area contributed by atoms with E-state index in [1.54, 1.807) is 48.5 Å². The molecule has 0 radical (unpaired) electrons. The lowest BCUT2D eigenvalue weighted by molar-refractivity contribution is -0.148. The van der Waals surface area contributed by atoms with Crippen LogP contribution in [0.25, 0.3) is 0 Å². The van der Waals surface area contributed by atoms with Gasteiger partial charge in [-0.15, -0.1) is 0 Å². The van der Waals surface area contributed by atoms with Gasteiger partial charge in [0.2, 0.25) is 5.78 Å². The van der Waals surface area contributed by atoms with E-state index in [2.05, 4.69) is 0 Å². The van der Waals surface area contributed by atoms with Crippen molar-refractivity contribution >= 4 is 17.5 Å². The number of esters is 1. The van der Waals surface area contributed by atoms with Crippen LogP contribution in [0.5, 0.6) is 11.5 Å². The molecule has 0 fully saturated rings. The number of hydrogen-bond donors (Lipinski definition) is 0. The second kappa shape index (κ2) is 8.80. The van der Waals surface area contributed by atoms with Crippen LogP contribution in [0, 0.1) is 0 Å². The standard InChI is InChI=1S/C20H20O6/c1-13(21)16-5-4-6-18(11-16)25-12-19(22)26-14(2)20(23)15-7-9-17(24-3)10-8-15/h4-11,14H,12H2,1-3H3/t14-/m1/s1. The summed E-state index contributed by atoms with van der Waals surface area (Å²) in [5.41, 5.74) is 0.903. The fraction of sp³-hybridized carbons (Fsp3) is 0.250. The molecule has 0 aliphatic rings. The third kappa shape index (κ3) is 5.17. The van der Waals surface area contributed by atoms with Gasteiger partial charge in [0.25, 0.3) is 0 Å². The number of carbonyl (C=O) groups is 3. The van der Waals surface area contributed by atoms with Crippen molar-refractivity contribution in [2.75, 3.05) is 13.7 Å². The molecule has 1 atom stereocenters. The van der Waals surface area contributed by atoms with Gasteiger partial charge in [-0.2, -0.15) is 0 Å². The van der Waals surface area contributed by atoms with Crippen molar-refractivity contribution in [1.82, 2.24) is 0 Å². The van der Waals surface area contributed by atoms with Crippen LogP contribution in [0.15, 0.2) is 48.5 Å². The van der Waals surface area contributed by atoms with Crippen molar-refractivity contribution in [3.8, 4) is 11.5 Å². The molecule has 0 amide bonds. The summed E-state index contributed by atoms with van der Waals surface area (Å²) in [4.78, 5) is 35.5. The first-order valence-electron chi connectivity index (χ1n) is 8.02. The number of methoxy groups -OCH3 is 1. The smallest absolute Gasteiger partial charge is 0.344 e. The van der Waals surface area contributed by atoms with Gasteiger partial charge in [-0.25, -0.2) is 4.79 Å². The third-order valence-electron chi connectivity index (χ3n) is 3.65. The van der Waals surface area contributed by atoms with E-state index in [1.165, 1.54) is 21.0 Å². The van der Waals surface area contributed by atoms with Gasteiger partial charge in [-0.1, -0.05) is 12.1 Å². The van der Waals surface area contributed by atoms with E-state index in [1.807, 2.05) is 0 Å². The molecule has 2 aromatic rings. The maximum Gasteiger partial charge on any atom is 0.344 e. The van der Waals surface area contributed by atoms with Crippen LogP contribution in [0.4, 0.5) is 0 Å². The summed E-state index contributed by atoms with van der Waals surface area (Å²) in [5.74, 6) is -0.0833. The zero-order valence-electron chi connectivity index (χ0n) is 14.9. The Hall–Kier alpha value is -3.15. The minimum absolute atomic E-state index is 0.100. The molecule has 0 heterocycles. The van der Waals surface area contributed by atoms with Crippen LogP contribution in [0.1, 0.15) is 34.6 Å². The first kappa shape index (κ1) is 19.2. The maximum absolute atomic E-state index is 12.3. The third-order valence-corrected chi connectivity index (χ3v) is 3.65. The summed E-state index contributed by atoms with van der Waals surface area (Å²) in [6.07, 6.45) is -0.942. The van der Waals surface area contributed by atoms with Crippen molar-refractivity contribution in [2.45, 2.75) is 20.0 Å².